The van der Waals surface area contributed by atoms with Crippen LogP contribution in [0.5, 0.6) is 0 Å². The Kier molecular flexibility index (Phi) is 5.63. The first-order valence-corrected chi connectivity index (χ1v) is 7.41. The Morgan fingerprint density at radius 1 is 1.33 bits per heavy atom. The lowest BCUT2D eigenvalue weighted by atomic mass is 10.1. The zero-order chi connectivity index (χ0) is 12.8. The minimum absolute atomic E-state index is 0.430. The maximum atomic E-state index is 10.0. The quantitative estimate of drug-likeness (QED) is 0.790. The predicted octanol–water partition coefficient (Wildman–Crippen LogP) is 2.17. The fourth-order valence-corrected chi connectivity index (χ4v) is 2.73. The number of aliphatic hydroxyl groups excluding tert-OH is 1. The third-order valence-corrected chi connectivity index (χ3v) is 3.87. The van der Waals surface area contributed by atoms with E-state index in [1.54, 1.807) is 0 Å². The van der Waals surface area contributed by atoms with Gasteiger partial charge in [0.15, 0.2) is 0 Å². The molecular weight excluding hydrogens is 292 g/mol. The van der Waals surface area contributed by atoms with Gasteiger partial charge in [-0.3, -0.25) is 0 Å². The van der Waals surface area contributed by atoms with E-state index in [1.807, 2.05) is 24.3 Å². The molecule has 1 aromatic rings. The molecule has 1 aliphatic heterocycles. The predicted molar refractivity (Wildman–Crippen MR) is 77.6 cm³/mol. The van der Waals surface area contributed by atoms with Gasteiger partial charge in [0.1, 0.15) is 0 Å². The smallest absolute Gasteiger partial charge is 0.0914 e. The molecular formula is C14H21BrN2O. The summed E-state index contributed by atoms with van der Waals surface area (Å²) in [6.07, 6.45) is 2.24. The van der Waals surface area contributed by atoms with Crippen molar-refractivity contribution < 1.29 is 5.11 Å². The molecule has 1 atom stereocenters. The van der Waals surface area contributed by atoms with Crippen molar-refractivity contribution in [2.24, 2.45) is 0 Å². The zero-order valence-electron chi connectivity index (χ0n) is 10.6. The molecule has 0 saturated carbocycles. The number of hydrogen-bond donors (Lipinski definition) is 2. The Balaban J connectivity index is 1.66. The van der Waals surface area contributed by atoms with Gasteiger partial charge in [0, 0.05) is 24.1 Å². The van der Waals surface area contributed by atoms with Gasteiger partial charge in [0.25, 0.3) is 0 Å². The highest BCUT2D eigenvalue weighted by atomic mass is 79.9. The van der Waals surface area contributed by atoms with Gasteiger partial charge in [-0.25, -0.2) is 0 Å². The summed E-state index contributed by atoms with van der Waals surface area (Å²) in [6.45, 7) is 5.12. The van der Waals surface area contributed by atoms with Crippen LogP contribution in [-0.4, -0.2) is 42.7 Å². The third-order valence-electron chi connectivity index (χ3n) is 3.37. The van der Waals surface area contributed by atoms with Crippen LogP contribution in [0, 0.1) is 0 Å². The molecule has 2 N–H and O–H groups in total. The Hall–Kier alpha value is -0.420. The van der Waals surface area contributed by atoms with Gasteiger partial charge in [-0.2, -0.15) is 0 Å². The van der Waals surface area contributed by atoms with Gasteiger partial charge >= 0.3 is 0 Å². The summed E-state index contributed by atoms with van der Waals surface area (Å²) in [5.41, 5.74) is 0.957. The van der Waals surface area contributed by atoms with Crippen LogP contribution in [0.4, 0.5) is 0 Å². The monoisotopic (exact) mass is 312 g/mol. The van der Waals surface area contributed by atoms with Gasteiger partial charge in [0.05, 0.1) is 6.10 Å². The zero-order valence-corrected chi connectivity index (χ0v) is 12.2. The average Bonchev–Trinajstić information content (AvgIpc) is 2.87. The maximum Gasteiger partial charge on any atom is 0.0914 e. The maximum absolute atomic E-state index is 10.0. The molecule has 100 valence electrons. The molecule has 0 aromatic heterocycles. The van der Waals surface area contributed by atoms with Gasteiger partial charge in [-0.15, -0.1) is 0 Å². The van der Waals surface area contributed by atoms with Crippen molar-refractivity contribution in [1.82, 2.24) is 10.2 Å². The highest BCUT2D eigenvalue weighted by Crippen LogP contribution is 2.17. The van der Waals surface area contributed by atoms with E-state index in [2.05, 4.69) is 26.1 Å². The second-order valence-corrected chi connectivity index (χ2v) is 5.74. The molecule has 0 radical (unpaired) electrons. The minimum atomic E-state index is -0.430. The number of aliphatic hydroxyl groups is 1. The summed E-state index contributed by atoms with van der Waals surface area (Å²) in [6, 6.07) is 7.84. The van der Waals surface area contributed by atoms with Crippen molar-refractivity contribution in [2.75, 3.05) is 32.7 Å². The highest BCUT2D eigenvalue weighted by molar-refractivity contribution is 9.10. The standard InChI is InChI=1S/C14H21BrN2O/c15-13-5-3-4-12(10-13)14(18)11-16-6-9-17-7-1-2-8-17/h3-5,10,14,16,18H,1-2,6-9,11H2. The van der Waals surface area contributed by atoms with E-state index in [0.29, 0.717) is 6.54 Å². The molecule has 3 nitrogen and oxygen atoms in total. The molecule has 0 aliphatic carbocycles. The van der Waals surface area contributed by atoms with E-state index in [-0.39, 0.29) is 0 Å². The molecule has 1 fully saturated rings. The number of rotatable bonds is 6. The third kappa shape index (κ3) is 4.35. The second-order valence-electron chi connectivity index (χ2n) is 4.82. The Morgan fingerprint density at radius 2 is 2.11 bits per heavy atom. The lowest BCUT2D eigenvalue weighted by molar-refractivity contribution is 0.173. The SMILES string of the molecule is OC(CNCCN1CCCC1)c1cccc(Br)c1. The largest absolute Gasteiger partial charge is 0.387 e. The first-order chi connectivity index (χ1) is 8.75. The van der Waals surface area contributed by atoms with E-state index < -0.39 is 6.10 Å². The van der Waals surface area contributed by atoms with Crippen LogP contribution in [0.15, 0.2) is 28.7 Å². The molecule has 1 heterocycles. The number of benzene rings is 1. The summed E-state index contributed by atoms with van der Waals surface area (Å²) < 4.78 is 1.01. The summed E-state index contributed by atoms with van der Waals surface area (Å²) in [4.78, 5) is 2.47. The highest BCUT2D eigenvalue weighted by Gasteiger charge is 2.11. The Bertz CT molecular complexity index is 367. The molecule has 4 heteroatoms. The van der Waals surface area contributed by atoms with Crippen molar-refractivity contribution >= 4 is 15.9 Å². The van der Waals surface area contributed by atoms with Gasteiger partial charge in [0.2, 0.25) is 0 Å². The van der Waals surface area contributed by atoms with Crippen LogP contribution >= 0.6 is 15.9 Å². The summed E-state index contributed by atoms with van der Waals surface area (Å²) in [5, 5.41) is 13.4. The van der Waals surface area contributed by atoms with E-state index in [1.165, 1.54) is 25.9 Å². The van der Waals surface area contributed by atoms with Crippen molar-refractivity contribution in [3.8, 4) is 0 Å². The molecule has 2 rings (SSSR count). The molecule has 1 unspecified atom stereocenters. The Morgan fingerprint density at radius 3 is 2.83 bits per heavy atom. The van der Waals surface area contributed by atoms with Crippen LogP contribution in [0.3, 0.4) is 0 Å². The molecule has 1 aliphatic rings. The molecule has 1 aromatic carbocycles. The lowest BCUT2D eigenvalue weighted by Crippen LogP contribution is -2.32. The topological polar surface area (TPSA) is 35.5 Å². The number of hydrogen-bond acceptors (Lipinski definition) is 3. The average molecular weight is 313 g/mol. The van der Waals surface area contributed by atoms with Crippen molar-refractivity contribution in [3.05, 3.63) is 34.3 Å². The van der Waals surface area contributed by atoms with Crippen LogP contribution in [-0.2, 0) is 0 Å². The molecule has 1 saturated heterocycles. The summed E-state index contributed by atoms with van der Waals surface area (Å²) >= 11 is 3.42. The van der Waals surface area contributed by atoms with E-state index in [9.17, 15) is 5.11 Å². The fourth-order valence-electron chi connectivity index (χ4n) is 2.31. The van der Waals surface area contributed by atoms with Crippen molar-refractivity contribution in [3.63, 3.8) is 0 Å². The minimum Gasteiger partial charge on any atom is -0.387 e. The summed E-state index contributed by atoms with van der Waals surface area (Å²) in [5.74, 6) is 0. The van der Waals surface area contributed by atoms with Crippen LogP contribution in [0.2, 0.25) is 0 Å². The van der Waals surface area contributed by atoms with Crippen molar-refractivity contribution in [2.45, 2.75) is 18.9 Å². The van der Waals surface area contributed by atoms with Crippen LogP contribution in [0.1, 0.15) is 24.5 Å². The van der Waals surface area contributed by atoms with Crippen LogP contribution in [0.25, 0.3) is 0 Å². The molecule has 18 heavy (non-hydrogen) atoms. The molecule has 0 spiro atoms. The van der Waals surface area contributed by atoms with Gasteiger partial charge in [-0.05, 0) is 43.6 Å². The normalized spacial score (nSPS) is 18.1. The summed E-state index contributed by atoms with van der Waals surface area (Å²) in [7, 11) is 0. The first kappa shape index (κ1) is 14.0. The molecule has 0 bridgehead atoms. The molecule has 0 amide bonds. The van der Waals surface area contributed by atoms with Crippen molar-refractivity contribution in [1.29, 1.82) is 0 Å². The number of likely N-dealkylation sites (tertiary alicyclic amines) is 1. The number of halogens is 1. The number of nitrogens with zero attached hydrogens (tertiary/aromatic N) is 1. The first-order valence-electron chi connectivity index (χ1n) is 6.62. The van der Waals surface area contributed by atoms with Gasteiger partial charge in [-0.1, -0.05) is 28.1 Å². The Labute approximate surface area is 117 Å². The van der Waals surface area contributed by atoms with E-state index in [0.717, 1.165) is 23.1 Å². The van der Waals surface area contributed by atoms with Crippen LogP contribution < -0.4 is 5.32 Å². The second kappa shape index (κ2) is 7.24. The van der Waals surface area contributed by atoms with E-state index in [4.69, 9.17) is 0 Å². The lowest BCUT2D eigenvalue weighted by Gasteiger charge is -2.16. The number of nitrogens with one attached hydrogen (secondary N) is 1. The van der Waals surface area contributed by atoms with Gasteiger partial charge < -0.3 is 15.3 Å². The van der Waals surface area contributed by atoms with E-state index >= 15 is 0 Å². The fraction of sp³-hybridized carbons (Fsp3) is 0.571.